The number of imidazole rings is 1. The molecule has 1 amide bonds. The van der Waals surface area contributed by atoms with E-state index in [-0.39, 0.29) is 12.6 Å². The Hall–Kier alpha value is -2.55. The van der Waals surface area contributed by atoms with E-state index in [2.05, 4.69) is 15.0 Å². The Labute approximate surface area is 126 Å². The minimum Gasteiger partial charge on any atom is -0.480 e. The third-order valence-electron chi connectivity index (χ3n) is 3.72. The predicted octanol–water partition coefficient (Wildman–Crippen LogP) is -0.195. The normalized spacial score (nSPS) is 16.1. The molecule has 3 heterocycles. The van der Waals surface area contributed by atoms with E-state index in [0.717, 1.165) is 5.69 Å². The molecule has 22 heavy (non-hydrogen) atoms. The summed E-state index contributed by atoms with van der Waals surface area (Å²) in [5.41, 5.74) is 1.83. The number of piperazine rings is 1. The number of fused-ring (bicyclic) bond motifs is 1. The first-order valence-electron chi connectivity index (χ1n) is 6.94. The second-order valence-corrected chi connectivity index (χ2v) is 5.19. The predicted molar refractivity (Wildman–Crippen MR) is 76.5 cm³/mol. The number of carbonyl (C=O) groups excluding carboxylic acids is 1. The van der Waals surface area contributed by atoms with E-state index in [4.69, 9.17) is 5.11 Å². The lowest BCUT2D eigenvalue weighted by Gasteiger charge is -2.33. The van der Waals surface area contributed by atoms with Gasteiger partial charge in [0.2, 0.25) is 0 Å². The van der Waals surface area contributed by atoms with Gasteiger partial charge >= 0.3 is 12.0 Å². The number of rotatable bonds is 2. The van der Waals surface area contributed by atoms with Gasteiger partial charge in [-0.1, -0.05) is 0 Å². The summed E-state index contributed by atoms with van der Waals surface area (Å²) >= 11 is 0. The van der Waals surface area contributed by atoms with Crippen molar-refractivity contribution in [3.05, 3.63) is 18.3 Å². The van der Waals surface area contributed by atoms with Crippen LogP contribution in [0.2, 0.25) is 0 Å². The molecule has 0 aliphatic carbocycles. The number of carboxylic acid groups (broad SMARTS) is 1. The van der Waals surface area contributed by atoms with Gasteiger partial charge in [0.05, 0.1) is 12.2 Å². The number of aromatic nitrogens is 4. The van der Waals surface area contributed by atoms with Crippen molar-refractivity contribution in [1.29, 1.82) is 0 Å². The summed E-state index contributed by atoms with van der Waals surface area (Å²) in [5, 5.41) is 8.79. The summed E-state index contributed by atoms with van der Waals surface area (Å²) in [7, 11) is 0. The average Bonchev–Trinajstić information content (AvgIpc) is 2.92. The fourth-order valence-electron chi connectivity index (χ4n) is 2.53. The molecule has 2 aromatic rings. The van der Waals surface area contributed by atoms with E-state index in [1.54, 1.807) is 4.90 Å². The molecule has 3 rings (SSSR count). The first kappa shape index (κ1) is 14.4. The third-order valence-corrected chi connectivity index (χ3v) is 3.72. The van der Waals surface area contributed by atoms with Crippen LogP contribution in [0.3, 0.4) is 0 Å². The number of aryl methyl sites for hydroxylation is 1. The van der Waals surface area contributed by atoms with Gasteiger partial charge in [-0.15, -0.1) is 0 Å². The van der Waals surface area contributed by atoms with Crippen molar-refractivity contribution in [3.63, 3.8) is 0 Å². The summed E-state index contributed by atoms with van der Waals surface area (Å²) < 4.78 is 1.41. The van der Waals surface area contributed by atoms with Gasteiger partial charge in [-0.25, -0.2) is 24.3 Å². The molecular weight excluding hydrogens is 288 g/mol. The Balaban J connectivity index is 1.74. The lowest BCUT2D eigenvalue weighted by Crippen LogP contribution is -2.50. The maximum Gasteiger partial charge on any atom is 0.331 e. The topological polar surface area (TPSA) is 104 Å². The standard InChI is InChI=1S/C13H16N6O3/c1-9-11-12(15-7-14-9)19(8-16-11)13(22)18-4-2-17(3-5-18)6-10(20)21/h7-8H,2-6H2,1H3,(H,20,21). The largest absolute Gasteiger partial charge is 0.480 e. The van der Waals surface area contributed by atoms with Crippen molar-refractivity contribution in [2.24, 2.45) is 0 Å². The monoisotopic (exact) mass is 304 g/mol. The van der Waals surface area contributed by atoms with Gasteiger partial charge in [0.15, 0.2) is 5.65 Å². The lowest BCUT2D eigenvalue weighted by atomic mass is 10.3. The Morgan fingerprint density at radius 3 is 2.59 bits per heavy atom. The Kier molecular flexibility index (Phi) is 3.72. The molecule has 0 atom stereocenters. The lowest BCUT2D eigenvalue weighted by molar-refractivity contribution is -0.138. The van der Waals surface area contributed by atoms with Crippen LogP contribution in [-0.4, -0.2) is 79.1 Å². The first-order chi connectivity index (χ1) is 10.6. The molecule has 1 N–H and O–H groups in total. The van der Waals surface area contributed by atoms with Gasteiger partial charge in [0.1, 0.15) is 18.2 Å². The quantitative estimate of drug-likeness (QED) is 0.819. The van der Waals surface area contributed by atoms with Gasteiger partial charge in [-0.2, -0.15) is 0 Å². The smallest absolute Gasteiger partial charge is 0.331 e. The highest BCUT2D eigenvalue weighted by Crippen LogP contribution is 2.13. The molecule has 1 saturated heterocycles. The van der Waals surface area contributed by atoms with Crippen LogP contribution in [0.4, 0.5) is 4.79 Å². The first-order valence-corrected chi connectivity index (χ1v) is 6.94. The van der Waals surface area contributed by atoms with Crippen LogP contribution >= 0.6 is 0 Å². The molecule has 1 aliphatic rings. The molecule has 9 heteroatoms. The highest BCUT2D eigenvalue weighted by Gasteiger charge is 2.24. The molecule has 9 nitrogen and oxygen atoms in total. The molecule has 0 bridgehead atoms. The van der Waals surface area contributed by atoms with E-state index in [1.807, 2.05) is 11.8 Å². The Morgan fingerprint density at radius 1 is 1.18 bits per heavy atom. The average molecular weight is 304 g/mol. The maximum absolute atomic E-state index is 12.6. The zero-order valence-corrected chi connectivity index (χ0v) is 12.1. The summed E-state index contributed by atoms with van der Waals surface area (Å²) in [6.45, 7) is 3.86. The molecule has 1 fully saturated rings. The molecule has 0 spiro atoms. The van der Waals surface area contributed by atoms with Crippen molar-refractivity contribution in [2.75, 3.05) is 32.7 Å². The van der Waals surface area contributed by atoms with Gasteiger partial charge in [0, 0.05) is 26.2 Å². The Bertz CT molecular complexity index is 720. The van der Waals surface area contributed by atoms with Crippen LogP contribution in [0.5, 0.6) is 0 Å². The van der Waals surface area contributed by atoms with Crippen LogP contribution in [0.1, 0.15) is 5.69 Å². The zero-order chi connectivity index (χ0) is 15.7. The van der Waals surface area contributed by atoms with Crippen LogP contribution < -0.4 is 0 Å². The van der Waals surface area contributed by atoms with Gasteiger partial charge < -0.3 is 10.0 Å². The minimum atomic E-state index is -0.854. The maximum atomic E-state index is 12.6. The van der Waals surface area contributed by atoms with Gasteiger partial charge in [-0.3, -0.25) is 9.69 Å². The summed E-state index contributed by atoms with van der Waals surface area (Å²) in [4.78, 5) is 39.1. The molecular formula is C13H16N6O3. The molecule has 116 valence electrons. The van der Waals surface area contributed by atoms with Crippen LogP contribution in [0, 0.1) is 6.92 Å². The van der Waals surface area contributed by atoms with E-state index < -0.39 is 5.97 Å². The molecule has 0 aromatic carbocycles. The zero-order valence-electron chi connectivity index (χ0n) is 12.1. The third kappa shape index (κ3) is 2.62. The van der Waals surface area contributed by atoms with E-state index in [9.17, 15) is 9.59 Å². The van der Waals surface area contributed by atoms with E-state index >= 15 is 0 Å². The number of amides is 1. The number of carbonyl (C=O) groups is 2. The van der Waals surface area contributed by atoms with Crippen molar-refractivity contribution < 1.29 is 14.7 Å². The van der Waals surface area contributed by atoms with Crippen molar-refractivity contribution >= 4 is 23.2 Å². The molecule has 0 unspecified atom stereocenters. The minimum absolute atomic E-state index is 0.00244. The number of hydrogen-bond acceptors (Lipinski definition) is 6. The number of carboxylic acids is 1. The fraction of sp³-hybridized carbons (Fsp3) is 0.462. The molecule has 0 saturated carbocycles. The Morgan fingerprint density at radius 2 is 1.91 bits per heavy atom. The fourth-order valence-corrected chi connectivity index (χ4v) is 2.53. The highest BCUT2D eigenvalue weighted by molar-refractivity contribution is 5.87. The van der Waals surface area contributed by atoms with E-state index in [1.165, 1.54) is 17.2 Å². The number of nitrogens with zero attached hydrogens (tertiary/aromatic N) is 6. The molecule has 0 radical (unpaired) electrons. The summed E-state index contributed by atoms with van der Waals surface area (Å²) in [5.74, 6) is -0.854. The van der Waals surface area contributed by atoms with Crippen molar-refractivity contribution in [2.45, 2.75) is 6.92 Å². The molecule has 1 aliphatic heterocycles. The van der Waals surface area contributed by atoms with Gasteiger partial charge in [0.25, 0.3) is 0 Å². The second kappa shape index (κ2) is 5.68. The molecule has 2 aromatic heterocycles. The SMILES string of the molecule is Cc1ncnc2c1ncn2C(=O)N1CCN(CC(=O)O)CC1. The van der Waals surface area contributed by atoms with Crippen molar-refractivity contribution in [1.82, 2.24) is 29.3 Å². The van der Waals surface area contributed by atoms with Gasteiger partial charge in [-0.05, 0) is 6.92 Å². The second-order valence-electron chi connectivity index (χ2n) is 5.19. The number of hydrogen-bond donors (Lipinski definition) is 1. The highest BCUT2D eigenvalue weighted by atomic mass is 16.4. The number of aliphatic carboxylic acids is 1. The van der Waals surface area contributed by atoms with E-state index in [0.29, 0.717) is 37.3 Å². The summed E-state index contributed by atoms with van der Waals surface area (Å²) in [6.07, 6.45) is 2.87. The van der Waals surface area contributed by atoms with Crippen LogP contribution in [0.15, 0.2) is 12.7 Å². The van der Waals surface area contributed by atoms with Crippen LogP contribution in [0.25, 0.3) is 11.2 Å². The van der Waals surface area contributed by atoms with Crippen LogP contribution in [-0.2, 0) is 4.79 Å². The van der Waals surface area contributed by atoms with Crippen molar-refractivity contribution in [3.8, 4) is 0 Å². The summed E-state index contributed by atoms with van der Waals surface area (Å²) in [6, 6.07) is -0.199.